The van der Waals surface area contributed by atoms with E-state index in [2.05, 4.69) is 11.4 Å². The van der Waals surface area contributed by atoms with Gasteiger partial charge in [-0.2, -0.15) is 0 Å². The molecule has 29 heavy (non-hydrogen) atoms. The molecule has 2 amide bonds. The van der Waals surface area contributed by atoms with Crippen molar-refractivity contribution < 1.29 is 14.3 Å². The van der Waals surface area contributed by atoms with E-state index >= 15 is 0 Å². The SMILES string of the molecule is COc1ccc(C(=O)N2CCc3ccc(CNC(=O)Cc4cccs4)cc32)cc1. The van der Waals surface area contributed by atoms with E-state index in [1.165, 1.54) is 0 Å². The van der Waals surface area contributed by atoms with Crippen molar-refractivity contribution in [3.05, 3.63) is 81.5 Å². The first-order valence-corrected chi connectivity index (χ1v) is 10.4. The molecular weight excluding hydrogens is 384 g/mol. The summed E-state index contributed by atoms with van der Waals surface area (Å²) >= 11 is 1.58. The summed E-state index contributed by atoms with van der Waals surface area (Å²) in [6, 6.07) is 17.2. The van der Waals surface area contributed by atoms with Gasteiger partial charge in [-0.05, 0) is 59.3 Å². The largest absolute Gasteiger partial charge is 0.497 e. The van der Waals surface area contributed by atoms with Crippen LogP contribution in [0.25, 0.3) is 0 Å². The minimum Gasteiger partial charge on any atom is -0.497 e. The average molecular weight is 407 g/mol. The lowest BCUT2D eigenvalue weighted by molar-refractivity contribution is -0.120. The highest BCUT2D eigenvalue weighted by atomic mass is 32.1. The molecular formula is C23H22N2O3S. The van der Waals surface area contributed by atoms with Crippen LogP contribution >= 0.6 is 11.3 Å². The van der Waals surface area contributed by atoms with Gasteiger partial charge in [0.25, 0.3) is 5.91 Å². The number of fused-ring (bicyclic) bond motifs is 1. The zero-order chi connectivity index (χ0) is 20.2. The number of ether oxygens (including phenoxy) is 1. The van der Waals surface area contributed by atoms with Gasteiger partial charge in [0.2, 0.25) is 5.91 Å². The zero-order valence-electron chi connectivity index (χ0n) is 16.2. The van der Waals surface area contributed by atoms with E-state index in [1.54, 1.807) is 42.7 Å². The molecule has 1 aliphatic heterocycles. The van der Waals surface area contributed by atoms with E-state index in [0.29, 0.717) is 25.1 Å². The van der Waals surface area contributed by atoms with Crippen molar-refractivity contribution in [3.63, 3.8) is 0 Å². The van der Waals surface area contributed by atoms with Gasteiger partial charge in [-0.3, -0.25) is 9.59 Å². The number of nitrogens with one attached hydrogen (secondary N) is 1. The number of nitrogens with zero attached hydrogens (tertiary/aromatic N) is 1. The standard InChI is InChI=1S/C23H22N2O3S/c1-28-19-8-6-18(7-9-19)23(27)25-11-10-17-5-4-16(13-21(17)25)15-24-22(26)14-20-3-2-12-29-20/h2-9,12-13H,10-11,14-15H2,1H3,(H,24,26). The fourth-order valence-electron chi connectivity index (χ4n) is 3.47. The van der Waals surface area contributed by atoms with Gasteiger partial charge < -0.3 is 15.0 Å². The quantitative estimate of drug-likeness (QED) is 0.677. The molecule has 3 aromatic rings. The molecule has 0 fully saturated rings. The predicted molar refractivity (Wildman–Crippen MR) is 115 cm³/mol. The molecule has 0 spiro atoms. The number of amides is 2. The van der Waals surface area contributed by atoms with Crippen LogP contribution in [0.15, 0.2) is 60.0 Å². The van der Waals surface area contributed by atoms with E-state index in [9.17, 15) is 9.59 Å². The highest BCUT2D eigenvalue weighted by molar-refractivity contribution is 7.10. The number of carbonyl (C=O) groups is 2. The van der Waals surface area contributed by atoms with Crippen molar-refractivity contribution >= 4 is 28.8 Å². The lowest BCUT2D eigenvalue weighted by Gasteiger charge is -2.18. The maximum atomic E-state index is 13.0. The molecule has 1 N–H and O–H groups in total. The Morgan fingerprint density at radius 1 is 1.14 bits per heavy atom. The highest BCUT2D eigenvalue weighted by Crippen LogP contribution is 2.30. The Balaban J connectivity index is 1.44. The fourth-order valence-corrected chi connectivity index (χ4v) is 4.17. The second-order valence-electron chi connectivity index (χ2n) is 6.93. The van der Waals surface area contributed by atoms with Crippen molar-refractivity contribution in [3.8, 4) is 5.75 Å². The second kappa shape index (κ2) is 8.49. The van der Waals surface area contributed by atoms with E-state index in [4.69, 9.17) is 4.74 Å². The van der Waals surface area contributed by atoms with Crippen LogP contribution in [0.3, 0.4) is 0 Å². The molecule has 1 aromatic heterocycles. The summed E-state index contributed by atoms with van der Waals surface area (Å²) in [7, 11) is 1.61. The van der Waals surface area contributed by atoms with Crippen LogP contribution < -0.4 is 15.0 Å². The van der Waals surface area contributed by atoms with Gasteiger partial charge in [0.1, 0.15) is 5.75 Å². The average Bonchev–Trinajstić information content (AvgIpc) is 3.41. The number of hydrogen-bond acceptors (Lipinski definition) is 4. The Morgan fingerprint density at radius 2 is 1.97 bits per heavy atom. The Kier molecular flexibility index (Phi) is 5.62. The summed E-state index contributed by atoms with van der Waals surface area (Å²) in [5.74, 6) is 0.702. The van der Waals surface area contributed by atoms with Crippen LogP contribution in [0.2, 0.25) is 0 Å². The van der Waals surface area contributed by atoms with Gasteiger partial charge in [-0.25, -0.2) is 0 Å². The van der Waals surface area contributed by atoms with Crippen LogP contribution in [0.4, 0.5) is 5.69 Å². The third-order valence-electron chi connectivity index (χ3n) is 5.03. The number of hydrogen-bond donors (Lipinski definition) is 1. The van der Waals surface area contributed by atoms with E-state index < -0.39 is 0 Å². The van der Waals surface area contributed by atoms with Crippen molar-refractivity contribution in [2.75, 3.05) is 18.6 Å². The number of rotatable bonds is 6. The normalized spacial score (nSPS) is 12.5. The second-order valence-corrected chi connectivity index (χ2v) is 7.96. The number of thiophene rings is 1. The number of benzene rings is 2. The minimum absolute atomic E-state index is 0.000821. The lowest BCUT2D eigenvalue weighted by atomic mass is 10.1. The number of methoxy groups -OCH3 is 1. The third kappa shape index (κ3) is 4.32. The van der Waals surface area contributed by atoms with E-state index in [0.717, 1.165) is 33.9 Å². The topological polar surface area (TPSA) is 58.6 Å². The third-order valence-corrected chi connectivity index (χ3v) is 5.91. The molecule has 6 heteroatoms. The maximum Gasteiger partial charge on any atom is 0.258 e. The first-order valence-electron chi connectivity index (χ1n) is 9.51. The van der Waals surface area contributed by atoms with Crippen molar-refractivity contribution in [1.29, 1.82) is 0 Å². The first kappa shape index (κ1) is 19.2. The lowest BCUT2D eigenvalue weighted by Crippen LogP contribution is -2.29. The Hall–Kier alpha value is -3.12. The summed E-state index contributed by atoms with van der Waals surface area (Å²) in [4.78, 5) is 28.0. The molecule has 0 unspecified atom stereocenters. The van der Waals surface area contributed by atoms with E-state index in [-0.39, 0.29) is 11.8 Å². The van der Waals surface area contributed by atoms with Gasteiger partial charge in [0, 0.05) is 29.2 Å². The monoisotopic (exact) mass is 406 g/mol. The summed E-state index contributed by atoms with van der Waals surface area (Å²) in [5.41, 5.74) is 3.70. The Labute approximate surface area is 173 Å². The fraction of sp³-hybridized carbons (Fsp3) is 0.217. The van der Waals surface area contributed by atoms with Crippen LogP contribution in [-0.4, -0.2) is 25.5 Å². The van der Waals surface area contributed by atoms with Crippen LogP contribution in [-0.2, 0) is 24.2 Å². The molecule has 2 aromatic carbocycles. The predicted octanol–water partition coefficient (Wildman–Crippen LogP) is 3.82. The summed E-state index contributed by atoms with van der Waals surface area (Å²) in [6.07, 6.45) is 1.23. The zero-order valence-corrected chi connectivity index (χ0v) is 17.0. The first-order chi connectivity index (χ1) is 14.1. The summed E-state index contributed by atoms with van der Waals surface area (Å²) in [5, 5.41) is 4.94. The minimum atomic E-state index is -0.0229. The van der Waals surface area contributed by atoms with Gasteiger partial charge in [0.15, 0.2) is 0 Å². The molecule has 5 nitrogen and oxygen atoms in total. The van der Waals surface area contributed by atoms with Crippen LogP contribution in [0, 0.1) is 0 Å². The van der Waals surface area contributed by atoms with Crippen molar-refractivity contribution in [2.45, 2.75) is 19.4 Å². The van der Waals surface area contributed by atoms with Gasteiger partial charge >= 0.3 is 0 Å². The molecule has 0 atom stereocenters. The Morgan fingerprint density at radius 3 is 2.69 bits per heavy atom. The molecule has 0 bridgehead atoms. The van der Waals surface area contributed by atoms with Crippen molar-refractivity contribution in [2.24, 2.45) is 0 Å². The molecule has 0 aliphatic carbocycles. The van der Waals surface area contributed by atoms with Gasteiger partial charge in [-0.15, -0.1) is 11.3 Å². The van der Waals surface area contributed by atoms with Gasteiger partial charge in [-0.1, -0.05) is 18.2 Å². The Bertz CT molecular complexity index is 1010. The summed E-state index contributed by atoms with van der Waals surface area (Å²) < 4.78 is 5.17. The molecule has 0 radical (unpaired) electrons. The smallest absolute Gasteiger partial charge is 0.258 e. The molecule has 0 saturated heterocycles. The summed E-state index contributed by atoms with van der Waals surface area (Å²) in [6.45, 7) is 1.11. The molecule has 148 valence electrons. The molecule has 1 aliphatic rings. The van der Waals surface area contributed by atoms with Crippen LogP contribution in [0.5, 0.6) is 5.75 Å². The van der Waals surface area contributed by atoms with Crippen LogP contribution in [0.1, 0.15) is 26.4 Å². The highest BCUT2D eigenvalue weighted by Gasteiger charge is 2.25. The number of carbonyl (C=O) groups excluding carboxylic acids is 2. The van der Waals surface area contributed by atoms with E-state index in [1.807, 2.05) is 34.5 Å². The molecule has 0 saturated carbocycles. The molecule has 4 rings (SSSR count). The number of anilines is 1. The maximum absolute atomic E-state index is 13.0. The van der Waals surface area contributed by atoms with Gasteiger partial charge in [0.05, 0.1) is 13.5 Å². The molecule has 2 heterocycles. The van der Waals surface area contributed by atoms with Crippen molar-refractivity contribution in [1.82, 2.24) is 5.32 Å².